The van der Waals surface area contributed by atoms with Crippen LogP contribution in [0.3, 0.4) is 0 Å². The standard InChI is InChI=1S/C11H15NO5S/c1-4-16-11(14)8-5-18-10(12-8)9(13)7(2)17-6-15-3/h5,9,13H,2,4,6H2,1,3H3. The molecule has 1 heterocycles. The first-order chi connectivity index (χ1) is 8.60. The molecule has 100 valence electrons. The minimum atomic E-state index is -1.09. The molecule has 18 heavy (non-hydrogen) atoms. The number of methoxy groups -OCH3 is 1. The van der Waals surface area contributed by atoms with E-state index in [9.17, 15) is 9.90 Å². The number of rotatable bonds is 7. The summed E-state index contributed by atoms with van der Waals surface area (Å²) in [6, 6.07) is 0. The van der Waals surface area contributed by atoms with E-state index < -0.39 is 12.1 Å². The van der Waals surface area contributed by atoms with Crippen molar-refractivity contribution in [2.24, 2.45) is 0 Å². The Morgan fingerprint density at radius 1 is 1.61 bits per heavy atom. The van der Waals surface area contributed by atoms with Crippen molar-refractivity contribution in [3.63, 3.8) is 0 Å². The third-order valence-electron chi connectivity index (χ3n) is 1.91. The summed E-state index contributed by atoms with van der Waals surface area (Å²) in [6.07, 6.45) is -1.09. The molecule has 0 aliphatic carbocycles. The fraction of sp³-hybridized carbons (Fsp3) is 0.455. The molecule has 0 aliphatic heterocycles. The highest BCUT2D eigenvalue weighted by molar-refractivity contribution is 7.09. The first kappa shape index (κ1) is 14.6. The van der Waals surface area contributed by atoms with Gasteiger partial charge in [0.25, 0.3) is 0 Å². The van der Waals surface area contributed by atoms with Crippen molar-refractivity contribution >= 4 is 17.3 Å². The van der Waals surface area contributed by atoms with E-state index in [1.165, 1.54) is 12.5 Å². The lowest BCUT2D eigenvalue weighted by Gasteiger charge is -2.11. The van der Waals surface area contributed by atoms with Gasteiger partial charge in [0.05, 0.1) is 6.61 Å². The highest BCUT2D eigenvalue weighted by Crippen LogP contribution is 2.24. The molecule has 0 bridgehead atoms. The van der Waals surface area contributed by atoms with Crippen molar-refractivity contribution in [1.29, 1.82) is 0 Å². The highest BCUT2D eigenvalue weighted by Gasteiger charge is 2.20. The van der Waals surface area contributed by atoms with Crippen LogP contribution in [0.4, 0.5) is 0 Å². The lowest BCUT2D eigenvalue weighted by molar-refractivity contribution is -0.0187. The number of ether oxygens (including phenoxy) is 3. The van der Waals surface area contributed by atoms with E-state index in [1.54, 1.807) is 6.92 Å². The predicted molar refractivity (Wildman–Crippen MR) is 65.1 cm³/mol. The number of carbonyl (C=O) groups excluding carboxylic acids is 1. The zero-order valence-electron chi connectivity index (χ0n) is 10.2. The van der Waals surface area contributed by atoms with Gasteiger partial charge in [0.1, 0.15) is 10.8 Å². The molecular formula is C11H15NO5S. The van der Waals surface area contributed by atoms with E-state index in [0.29, 0.717) is 5.01 Å². The molecule has 0 aliphatic rings. The molecule has 6 nitrogen and oxygen atoms in total. The number of hydrogen-bond acceptors (Lipinski definition) is 7. The molecule has 0 saturated carbocycles. The van der Waals surface area contributed by atoms with Crippen molar-refractivity contribution in [1.82, 2.24) is 4.98 Å². The van der Waals surface area contributed by atoms with Crippen LogP contribution in [0.2, 0.25) is 0 Å². The maximum Gasteiger partial charge on any atom is 0.357 e. The molecule has 0 amide bonds. The second-order valence-electron chi connectivity index (χ2n) is 3.21. The summed E-state index contributed by atoms with van der Waals surface area (Å²) in [6.45, 7) is 5.53. The molecule has 1 aromatic rings. The van der Waals surface area contributed by atoms with E-state index in [-0.39, 0.29) is 24.9 Å². The number of aliphatic hydroxyl groups excluding tert-OH is 1. The van der Waals surface area contributed by atoms with Crippen molar-refractivity contribution in [2.75, 3.05) is 20.5 Å². The summed E-state index contributed by atoms with van der Waals surface area (Å²) in [5, 5.41) is 11.7. The average Bonchev–Trinajstić information content (AvgIpc) is 2.84. The van der Waals surface area contributed by atoms with Gasteiger partial charge in [-0.3, -0.25) is 0 Å². The molecule has 1 N–H and O–H groups in total. The van der Waals surface area contributed by atoms with Gasteiger partial charge in [-0.05, 0) is 6.92 Å². The first-order valence-corrected chi connectivity index (χ1v) is 6.09. The number of aromatic nitrogens is 1. The largest absolute Gasteiger partial charge is 0.469 e. The highest BCUT2D eigenvalue weighted by atomic mass is 32.1. The van der Waals surface area contributed by atoms with Gasteiger partial charge in [-0.25, -0.2) is 9.78 Å². The van der Waals surface area contributed by atoms with Gasteiger partial charge >= 0.3 is 5.97 Å². The van der Waals surface area contributed by atoms with Gasteiger partial charge in [-0.1, -0.05) is 6.58 Å². The van der Waals surface area contributed by atoms with E-state index in [1.807, 2.05) is 0 Å². The summed E-state index contributed by atoms with van der Waals surface area (Å²) < 4.78 is 14.5. The van der Waals surface area contributed by atoms with Crippen LogP contribution in [0.15, 0.2) is 17.7 Å². The van der Waals surface area contributed by atoms with Crippen LogP contribution in [0.1, 0.15) is 28.5 Å². The Labute approximate surface area is 109 Å². The fourth-order valence-corrected chi connectivity index (χ4v) is 1.86. The Bertz CT molecular complexity index is 417. The quantitative estimate of drug-likeness (QED) is 0.460. The summed E-state index contributed by atoms with van der Waals surface area (Å²) in [5.74, 6) is -0.405. The maximum absolute atomic E-state index is 11.4. The van der Waals surface area contributed by atoms with E-state index >= 15 is 0 Å². The Morgan fingerprint density at radius 2 is 2.33 bits per heavy atom. The third-order valence-corrected chi connectivity index (χ3v) is 2.80. The molecular weight excluding hydrogens is 258 g/mol. The zero-order chi connectivity index (χ0) is 13.5. The predicted octanol–water partition coefficient (Wildman–Crippen LogP) is 1.49. The van der Waals surface area contributed by atoms with E-state index in [0.717, 1.165) is 11.3 Å². The molecule has 1 rings (SSSR count). The van der Waals surface area contributed by atoms with Crippen molar-refractivity contribution in [3.05, 3.63) is 28.4 Å². The number of nitrogens with zero attached hydrogens (tertiary/aromatic N) is 1. The summed E-state index contributed by atoms with van der Waals surface area (Å²) in [4.78, 5) is 15.4. The number of hydrogen-bond donors (Lipinski definition) is 1. The Morgan fingerprint density at radius 3 is 2.94 bits per heavy atom. The second kappa shape index (κ2) is 7.10. The molecule has 1 atom stereocenters. The number of carbonyl (C=O) groups is 1. The Balaban J connectivity index is 2.67. The molecule has 7 heteroatoms. The zero-order valence-corrected chi connectivity index (χ0v) is 11.0. The molecule has 0 spiro atoms. The SMILES string of the molecule is C=C(OCOC)C(O)c1nc(C(=O)OCC)cs1. The molecule has 0 aromatic carbocycles. The fourth-order valence-electron chi connectivity index (χ4n) is 1.06. The topological polar surface area (TPSA) is 77.9 Å². The molecule has 0 radical (unpaired) electrons. The summed E-state index contributed by atoms with van der Waals surface area (Å²) >= 11 is 1.13. The molecule has 0 fully saturated rings. The minimum Gasteiger partial charge on any atom is -0.469 e. The number of esters is 1. The van der Waals surface area contributed by atoms with Crippen LogP contribution in [0.5, 0.6) is 0 Å². The van der Waals surface area contributed by atoms with E-state index in [2.05, 4.69) is 16.3 Å². The summed E-state index contributed by atoms with van der Waals surface area (Å²) in [7, 11) is 1.46. The van der Waals surface area contributed by atoms with Gasteiger partial charge in [-0.2, -0.15) is 0 Å². The van der Waals surface area contributed by atoms with Gasteiger partial charge in [-0.15, -0.1) is 11.3 Å². The van der Waals surface area contributed by atoms with Crippen LogP contribution in [-0.4, -0.2) is 36.6 Å². The van der Waals surface area contributed by atoms with Gasteiger partial charge in [0.15, 0.2) is 18.6 Å². The van der Waals surface area contributed by atoms with Crippen LogP contribution in [0.25, 0.3) is 0 Å². The van der Waals surface area contributed by atoms with Crippen molar-refractivity contribution in [3.8, 4) is 0 Å². The van der Waals surface area contributed by atoms with Crippen molar-refractivity contribution in [2.45, 2.75) is 13.0 Å². The monoisotopic (exact) mass is 273 g/mol. The van der Waals surface area contributed by atoms with Crippen LogP contribution in [-0.2, 0) is 14.2 Å². The average molecular weight is 273 g/mol. The van der Waals surface area contributed by atoms with Crippen molar-refractivity contribution < 1.29 is 24.1 Å². The van der Waals surface area contributed by atoms with Crippen LogP contribution in [0, 0.1) is 0 Å². The smallest absolute Gasteiger partial charge is 0.357 e. The number of aliphatic hydroxyl groups is 1. The van der Waals surface area contributed by atoms with Gasteiger partial charge in [0.2, 0.25) is 0 Å². The molecule has 0 saturated heterocycles. The van der Waals surface area contributed by atoms with Gasteiger partial charge < -0.3 is 19.3 Å². The lowest BCUT2D eigenvalue weighted by atomic mass is 10.3. The first-order valence-electron chi connectivity index (χ1n) is 5.21. The second-order valence-corrected chi connectivity index (χ2v) is 4.10. The van der Waals surface area contributed by atoms with E-state index in [4.69, 9.17) is 9.47 Å². The maximum atomic E-state index is 11.4. The Kier molecular flexibility index (Phi) is 5.76. The normalized spacial score (nSPS) is 11.9. The van der Waals surface area contributed by atoms with Crippen LogP contribution >= 0.6 is 11.3 Å². The van der Waals surface area contributed by atoms with Gasteiger partial charge in [0, 0.05) is 12.5 Å². The minimum absolute atomic E-state index is 0.00793. The summed E-state index contributed by atoms with van der Waals surface area (Å²) in [5.41, 5.74) is 0.162. The third kappa shape index (κ3) is 3.80. The Hall–Kier alpha value is -1.44. The molecule has 1 aromatic heterocycles. The lowest BCUT2D eigenvalue weighted by Crippen LogP contribution is -2.08. The molecule has 1 unspecified atom stereocenters. The van der Waals surface area contributed by atoms with Crippen LogP contribution < -0.4 is 0 Å². The number of thiazole rings is 1.